The van der Waals surface area contributed by atoms with Crippen molar-refractivity contribution in [3.63, 3.8) is 0 Å². The minimum Gasteiger partial charge on any atom is -0.395 e. The van der Waals surface area contributed by atoms with Crippen molar-refractivity contribution in [3.05, 3.63) is 18.0 Å². The first-order valence-electron chi connectivity index (χ1n) is 4.64. The Morgan fingerprint density at radius 2 is 2.62 bits per heavy atom. The molecular weight excluding hydrogens is 168 g/mol. The molecule has 0 aromatic carbocycles. The van der Waals surface area contributed by atoms with Crippen LogP contribution < -0.4 is 0 Å². The quantitative estimate of drug-likeness (QED) is 0.745. The monoisotopic (exact) mass is 182 g/mol. The first-order valence-corrected chi connectivity index (χ1v) is 4.64. The molecule has 1 aromatic heterocycles. The van der Waals surface area contributed by atoms with E-state index in [0.29, 0.717) is 6.04 Å². The van der Waals surface area contributed by atoms with Crippen LogP contribution in [0.1, 0.15) is 18.5 Å². The summed E-state index contributed by atoms with van der Waals surface area (Å²) in [7, 11) is 0. The summed E-state index contributed by atoms with van der Waals surface area (Å²) in [5.74, 6) is 0. The molecule has 1 fully saturated rings. The third-order valence-corrected chi connectivity index (χ3v) is 2.57. The molecule has 0 saturated carbocycles. The Morgan fingerprint density at radius 3 is 3.31 bits per heavy atom. The molecule has 0 amide bonds. The molecule has 1 atom stereocenters. The predicted octanol–water partition coefficient (Wildman–Crippen LogP) is 0.631. The first-order chi connectivity index (χ1) is 6.40. The second-order valence-corrected chi connectivity index (χ2v) is 3.44. The second-order valence-electron chi connectivity index (χ2n) is 3.44. The van der Waals surface area contributed by atoms with Crippen LogP contribution in [0.3, 0.4) is 0 Å². The van der Waals surface area contributed by atoms with E-state index < -0.39 is 0 Å². The Morgan fingerprint density at radius 1 is 1.69 bits per heavy atom. The maximum absolute atomic E-state index is 9.08. The van der Waals surface area contributed by atoms with Crippen LogP contribution in [0, 0.1) is 0 Å². The van der Waals surface area contributed by atoms with Crippen molar-refractivity contribution in [2.75, 3.05) is 13.2 Å². The van der Waals surface area contributed by atoms with E-state index >= 15 is 0 Å². The lowest BCUT2D eigenvalue weighted by molar-refractivity contribution is 0.151. The van der Waals surface area contributed by atoms with Gasteiger partial charge in [0.25, 0.3) is 0 Å². The Balaban J connectivity index is 1.94. The third kappa shape index (κ3) is 1.89. The Bertz CT molecular complexity index is 248. The lowest BCUT2D eigenvalue weighted by Gasteiger charge is -2.20. The number of hydrogen-bond acceptors (Lipinski definition) is 4. The molecule has 13 heavy (non-hydrogen) atoms. The summed E-state index contributed by atoms with van der Waals surface area (Å²) in [5.41, 5.74) is 0.945. The minimum atomic E-state index is 0.248. The largest absolute Gasteiger partial charge is 0.395 e. The average Bonchev–Trinajstić information content (AvgIpc) is 2.76. The van der Waals surface area contributed by atoms with Gasteiger partial charge in [0.15, 0.2) is 0 Å². The number of likely N-dealkylation sites (tertiary alicyclic amines) is 1. The molecule has 1 N–H and O–H groups in total. The van der Waals surface area contributed by atoms with E-state index in [0.717, 1.165) is 25.2 Å². The maximum atomic E-state index is 9.08. The van der Waals surface area contributed by atoms with E-state index in [2.05, 4.69) is 10.1 Å². The molecule has 1 aliphatic rings. The molecular formula is C9H14N2O2. The number of aliphatic hydroxyl groups excluding tert-OH is 1. The maximum Gasteiger partial charge on any atom is 0.124 e. The molecule has 1 unspecified atom stereocenters. The fourth-order valence-corrected chi connectivity index (χ4v) is 1.84. The zero-order valence-electron chi connectivity index (χ0n) is 7.52. The highest BCUT2D eigenvalue weighted by atomic mass is 16.5. The highest BCUT2D eigenvalue weighted by Crippen LogP contribution is 2.18. The summed E-state index contributed by atoms with van der Waals surface area (Å²) >= 11 is 0. The Kier molecular flexibility index (Phi) is 2.61. The summed E-state index contributed by atoms with van der Waals surface area (Å²) < 4.78 is 4.75. The van der Waals surface area contributed by atoms with Gasteiger partial charge in [-0.1, -0.05) is 5.16 Å². The highest BCUT2D eigenvalue weighted by molar-refractivity contribution is 4.96. The molecule has 1 saturated heterocycles. The lowest BCUT2D eigenvalue weighted by atomic mass is 10.2. The fourth-order valence-electron chi connectivity index (χ4n) is 1.84. The Labute approximate surface area is 77.1 Å². The standard InChI is InChI=1S/C9H14N2O2/c12-7-9-2-1-4-11(9)6-8-3-5-13-10-8/h3,5,9,12H,1-2,4,6-7H2. The van der Waals surface area contributed by atoms with Crippen LogP contribution in [0.4, 0.5) is 0 Å². The predicted molar refractivity (Wildman–Crippen MR) is 47.0 cm³/mol. The van der Waals surface area contributed by atoms with Gasteiger partial charge in [-0.25, -0.2) is 0 Å². The number of rotatable bonds is 3. The first kappa shape index (κ1) is 8.72. The molecule has 4 heteroatoms. The third-order valence-electron chi connectivity index (χ3n) is 2.57. The van der Waals surface area contributed by atoms with Crippen LogP contribution >= 0.6 is 0 Å². The van der Waals surface area contributed by atoms with Gasteiger partial charge in [-0.3, -0.25) is 4.90 Å². The molecule has 72 valence electrons. The summed E-state index contributed by atoms with van der Waals surface area (Å²) in [6.07, 6.45) is 3.84. The van der Waals surface area contributed by atoms with Crippen LogP contribution in [-0.2, 0) is 6.54 Å². The Hall–Kier alpha value is -0.870. The van der Waals surface area contributed by atoms with Crippen molar-refractivity contribution >= 4 is 0 Å². The van der Waals surface area contributed by atoms with Crippen LogP contribution in [-0.4, -0.2) is 34.4 Å². The summed E-state index contributed by atoms with van der Waals surface area (Å²) in [6, 6.07) is 2.18. The normalized spacial score (nSPS) is 23.9. The zero-order valence-corrected chi connectivity index (χ0v) is 7.52. The van der Waals surface area contributed by atoms with Gasteiger partial charge in [0, 0.05) is 18.7 Å². The van der Waals surface area contributed by atoms with Crippen LogP contribution in [0.25, 0.3) is 0 Å². The molecule has 2 heterocycles. The number of aromatic nitrogens is 1. The van der Waals surface area contributed by atoms with Crippen molar-refractivity contribution in [3.8, 4) is 0 Å². The van der Waals surface area contributed by atoms with Gasteiger partial charge >= 0.3 is 0 Å². The molecule has 1 aromatic rings. The molecule has 0 spiro atoms. The van der Waals surface area contributed by atoms with Crippen molar-refractivity contribution < 1.29 is 9.63 Å². The van der Waals surface area contributed by atoms with Gasteiger partial charge in [-0.05, 0) is 19.4 Å². The SMILES string of the molecule is OCC1CCCN1Cc1ccon1. The van der Waals surface area contributed by atoms with Crippen molar-refractivity contribution in [2.45, 2.75) is 25.4 Å². The average molecular weight is 182 g/mol. The molecule has 0 aliphatic carbocycles. The van der Waals surface area contributed by atoms with Crippen molar-refractivity contribution in [1.82, 2.24) is 10.1 Å². The van der Waals surface area contributed by atoms with Gasteiger partial charge < -0.3 is 9.63 Å². The molecule has 0 bridgehead atoms. The highest BCUT2D eigenvalue weighted by Gasteiger charge is 2.23. The van der Waals surface area contributed by atoms with Gasteiger partial charge in [-0.15, -0.1) is 0 Å². The van der Waals surface area contributed by atoms with E-state index in [9.17, 15) is 0 Å². The lowest BCUT2D eigenvalue weighted by Crippen LogP contribution is -2.31. The van der Waals surface area contributed by atoms with Gasteiger partial charge in [0.2, 0.25) is 0 Å². The second kappa shape index (κ2) is 3.89. The number of nitrogens with zero attached hydrogens (tertiary/aromatic N) is 2. The molecule has 4 nitrogen and oxygen atoms in total. The van der Waals surface area contributed by atoms with Gasteiger partial charge in [0.1, 0.15) is 6.26 Å². The van der Waals surface area contributed by atoms with Gasteiger partial charge in [-0.2, -0.15) is 0 Å². The van der Waals surface area contributed by atoms with E-state index in [-0.39, 0.29) is 6.61 Å². The summed E-state index contributed by atoms with van der Waals surface area (Å²) in [6.45, 7) is 2.09. The van der Waals surface area contributed by atoms with Crippen molar-refractivity contribution in [2.24, 2.45) is 0 Å². The van der Waals surface area contributed by atoms with E-state index in [1.54, 1.807) is 6.26 Å². The van der Waals surface area contributed by atoms with E-state index in [1.807, 2.05) is 6.07 Å². The number of hydrogen-bond donors (Lipinski definition) is 1. The van der Waals surface area contributed by atoms with Crippen LogP contribution in [0.5, 0.6) is 0 Å². The van der Waals surface area contributed by atoms with Crippen molar-refractivity contribution in [1.29, 1.82) is 0 Å². The summed E-state index contributed by atoms with van der Waals surface area (Å²) in [4.78, 5) is 2.25. The van der Waals surface area contributed by atoms with E-state index in [1.165, 1.54) is 6.42 Å². The number of aliphatic hydroxyl groups is 1. The minimum absolute atomic E-state index is 0.248. The van der Waals surface area contributed by atoms with E-state index in [4.69, 9.17) is 9.63 Å². The topological polar surface area (TPSA) is 49.5 Å². The van der Waals surface area contributed by atoms with Crippen LogP contribution in [0.15, 0.2) is 16.9 Å². The summed E-state index contributed by atoms with van der Waals surface area (Å²) in [5, 5.41) is 12.9. The smallest absolute Gasteiger partial charge is 0.124 e. The van der Waals surface area contributed by atoms with Gasteiger partial charge in [0.05, 0.1) is 12.3 Å². The molecule has 2 rings (SSSR count). The zero-order chi connectivity index (χ0) is 9.10. The molecule has 1 aliphatic heterocycles. The van der Waals surface area contributed by atoms with Crippen LogP contribution in [0.2, 0.25) is 0 Å². The fraction of sp³-hybridized carbons (Fsp3) is 0.667. The molecule has 0 radical (unpaired) electrons.